The van der Waals surface area contributed by atoms with Gasteiger partial charge in [0.15, 0.2) is 11.5 Å². The minimum absolute atomic E-state index is 0.381. The third-order valence-corrected chi connectivity index (χ3v) is 2.70. The molecule has 0 atom stereocenters. The van der Waals surface area contributed by atoms with Crippen molar-refractivity contribution in [2.45, 2.75) is 13.8 Å². The number of ether oxygens (including phenoxy) is 2. The summed E-state index contributed by atoms with van der Waals surface area (Å²) >= 11 is 0. The van der Waals surface area contributed by atoms with Crippen LogP contribution in [0.25, 0.3) is 0 Å². The van der Waals surface area contributed by atoms with Gasteiger partial charge in [-0.15, -0.1) is 0 Å². The predicted molar refractivity (Wildman–Crippen MR) is 86.6 cm³/mol. The van der Waals surface area contributed by atoms with Gasteiger partial charge in [0, 0.05) is 6.92 Å². The molecule has 0 spiro atoms. The minimum Gasteiger partial charge on any atom is -0.490 e. The topological polar surface area (TPSA) is 59.9 Å². The second kappa shape index (κ2) is 7.83. The van der Waals surface area contributed by atoms with Gasteiger partial charge in [-0.3, -0.25) is 10.2 Å². The molecule has 0 saturated heterocycles. The summed E-state index contributed by atoms with van der Waals surface area (Å²) in [4.78, 5) is 11.1. The quantitative estimate of drug-likeness (QED) is 0.384. The van der Waals surface area contributed by atoms with Gasteiger partial charge in [-0.2, -0.15) is 5.10 Å². The molecule has 2 aromatic carbocycles. The molecule has 0 aliphatic rings. The van der Waals surface area contributed by atoms with Crippen molar-refractivity contribution in [3.63, 3.8) is 0 Å². The smallest absolute Gasteiger partial charge is 0.308 e. The van der Waals surface area contributed by atoms with Crippen molar-refractivity contribution < 1.29 is 14.3 Å². The van der Waals surface area contributed by atoms with Crippen LogP contribution in [-0.4, -0.2) is 18.8 Å². The molecular formula is C17H18N2O3. The van der Waals surface area contributed by atoms with Crippen molar-refractivity contribution in [2.24, 2.45) is 5.10 Å². The highest BCUT2D eigenvalue weighted by Crippen LogP contribution is 2.28. The monoisotopic (exact) mass is 298 g/mol. The van der Waals surface area contributed by atoms with E-state index in [9.17, 15) is 4.79 Å². The number of hydrazone groups is 1. The van der Waals surface area contributed by atoms with Crippen LogP contribution in [0.4, 0.5) is 5.69 Å². The molecule has 114 valence electrons. The number of para-hydroxylation sites is 1. The summed E-state index contributed by atoms with van der Waals surface area (Å²) in [6, 6.07) is 14.9. The Labute approximate surface area is 129 Å². The lowest BCUT2D eigenvalue weighted by Gasteiger charge is -2.10. The van der Waals surface area contributed by atoms with E-state index in [1.165, 1.54) is 6.92 Å². The molecule has 2 rings (SSSR count). The standard InChI is InChI=1S/C17H18N2O3/c1-3-21-17-11-14(9-10-16(17)22-13(2)20)12-18-19-15-7-5-4-6-8-15/h4-12,19H,3H2,1-2H3. The highest BCUT2D eigenvalue weighted by Gasteiger charge is 2.07. The summed E-state index contributed by atoms with van der Waals surface area (Å²) < 4.78 is 10.6. The SMILES string of the molecule is CCOc1cc(C=NNc2ccccc2)ccc1OC(C)=O. The van der Waals surface area contributed by atoms with E-state index in [-0.39, 0.29) is 5.97 Å². The summed E-state index contributed by atoms with van der Waals surface area (Å²) in [5, 5.41) is 4.17. The Balaban J connectivity index is 2.10. The molecule has 5 heteroatoms. The van der Waals surface area contributed by atoms with Gasteiger partial charge in [0.2, 0.25) is 0 Å². The molecule has 22 heavy (non-hydrogen) atoms. The Morgan fingerprint density at radius 1 is 1.18 bits per heavy atom. The molecule has 0 heterocycles. The number of esters is 1. The molecule has 0 aliphatic carbocycles. The zero-order valence-electron chi connectivity index (χ0n) is 12.6. The third kappa shape index (κ3) is 4.63. The van der Waals surface area contributed by atoms with E-state index < -0.39 is 0 Å². The van der Waals surface area contributed by atoms with Crippen LogP contribution >= 0.6 is 0 Å². The van der Waals surface area contributed by atoms with E-state index in [1.54, 1.807) is 24.4 Å². The van der Waals surface area contributed by atoms with Gasteiger partial charge in [-0.25, -0.2) is 0 Å². The third-order valence-electron chi connectivity index (χ3n) is 2.70. The molecule has 0 saturated carbocycles. The Morgan fingerprint density at radius 3 is 2.64 bits per heavy atom. The first-order valence-corrected chi connectivity index (χ1v) is 6.98. The summed E-state index contributed by atoms with van der Waals surface area (Å²) in [5.74, 6) is 0.539. The van der Waals surface area contributed by atoms with Crippen LogP contribution in [0.3, 0.4) is 0 Å². The number of rotatable bonds is 6. The summed E-state index contributed by atoms with van der Waals surface area (Å²) in [6.45, 7) is 3.71. The molecule has 0 bridgehead atoms. The van der Waals surface area contributed by atoms with Crippen LogP contribution < -0.4 is 14.9 Å². The Kier molecular flexibility index (Phi) is 5.54. The molecule has 0 radical (unpaired) electrons. The van der Waals surface area contributed by atoms with Crippen LogP contribution in [0.5, 0.6) is 11.5 Å². The van der Waals surface area contributed by atoms with Crippen molar-refractivity contribution in [3.05, 3.63) is 54.1 Å². The van der Waals surface area contributed by atoms with E-state index in [0.29, 0.717) is 18.1 Å². The lowest BCUT2D eigenvalue weighted by Crippen LogP contribution is -2.04. The van der Waals surface area contributed by atoms with Gasteiger partial charge < -0.3 is 9.47 Å². The maximum absolute atomic E-state index is 11.1. The number of benzene rings is 2. The number of hydrogen-bond acceptors (Lipinski definition) is 5. The van der Waals surface area contributed by atoms with E-state index in [0.717, 1.165) is 11.3 Å². The number of anilines is 1. The Bertz CT molecular complexity index is 654. The second-order valence-electron chi connectivity index (χ2n) is 4.47. The van der Waals surface area contributed by atoms with Crippen molar-refractivity contribution in [1.29, 1.82) is 0 Å². The van der Waals surface area contributed by atoms with Gasteiger partial charge >= 0.3 is 5.97 Å². The fourth-order valence-corrected chi connectivity index (χ4v) is 1.81. The fraction of sp³-hybridized carbons (Fsp3) is 0.176. The van der Waals surface area contributed by atoms with Crippen LogP contribution in [0.2, 0.25) is 0 Å². The van der Waals surface area contributed by atoms with Gasteiger partial charge in [-0.1, -0.05) is 18.2 Å². The van der Waals surface area contributed by atoms with Crippen LogP contribution in [0.15, 0.2) is 53.6 Å². The summed E-state index contributed by atoms with van der Waals surface area (Å²) in [6.07, 6.45) is 1.67. The predicted octanol–water partition coefficient (Wildman–Crippen LogP) is 3.46. The van der Waals surface area contributed by atoms with Crippen molar-refractivity contribution >= 4 is 17.9 Å². The Morgan fingerprint density at radius 2 is 1.95 bits per heavy atom. The molecule has 0 aromatic heterocycles. The number of carbonyl (C=O) groups is 1. The Hall–Kier alpha value is -2.82. The van der Waals surface area contributed by atoms with E-state index in [4.69, 9.17) is 9.47 Å². The van der Waals surface area contributed by atoms with Gasteiger partial charge in [-0.05, 0) is 42.8 Å². The maximum Gasteiger partial charge on any atom is 0.308 e. The highest BCUT2D eigenvalue weighted by atomic mass is 16.6. The molecule has 0 fully saturated rings. The lowest BCUT2D eigenvalue weighted by molar-refractivity contribution is -0.132. The maximum atomic E-state index is 11.1. The number of carbonyl (C=O) groups excluding carboxylic acids is 1. The van der Waals surface area contributed by atoms with Crippen molar-refractivity contribution in [1.82, 2.24) is 0 Å². The van der Waals surface area contributed by atoms with Crippen LogP contribution in [0.1, 0.15) is 19.4 Å². The highest BCUT2D eigenvalue weighted by molar-refractivity contribution is 5.82. The summed E-state index contributed by atoms with van der Waals surface area (Å²) in [5.41, 5.74) is 4.67. The number of nitrogens with one attached hydrogen (secondary N) is 1. The van der Waals surface area contributed by atoms with Crippen molar-refractivity contribution in [3.8, 4) is 11.5 Å². The van der Waals surface area contributed by atoms with Gasteiger partial charge in [0.05, 0.1) is 18.5 Å². The van der Waals surface area contributed by atoms with Crippen LogP contribution in [-0.2, 0) is 4.79 Å². The average Bonchev–Trinajstić information content (AvgIpc) is 2.51. The molecular weight excluding hydrogens is 280 g/mol. The van der Waals surface area contributed by atoms with Gasteiger partial charge in [0.25, 0.3) is 0 Å². The van der Waals surface area contributed by atoms with Gasteiger partial charge in [0.1, 0.15) is 0 Å². The molecule has 2 aromatic rings. The van der Waals surface area contributed by atoms with E-state index >= 15 is 0 Å². The first-order chi connectivity index (χ1) is 10.7. The molecule has 1 N–H and O–H groups in total. The lowest BCUT2D eigenvalue weighted by atomic mass is 10.2. The molecule has 0 unspecified atom stereocenters. The second-order valence-corrected chi connectivity index (χ2v) is 4.47. The normalized spacial score (nSPS) is 10.5. The number of hydrogen-bond donors (Lipinski definition) is 1. The van der Waals surface area contributed by atoms with Crippen LogP contribution in [0, 0.1) is 0 Å². The zero-order valence-corrected chi connectivity index (χ0v) is 12.6. The fourth-order valence-electron chi connectivity index (χ4n) is 1.81. The minimum atomic E-state index is -0.381. The molecule has 0 aliphatic heterocycles. The zero-order chi connectivity index (χ0) is 15.8. The summed E-state index contributed by atoms with van der Waals surface area (Å²) in [7, 11) is 0. The number of nitrogens with zero attached hydrogens (tertiary/aromatic N) is 1. The molecule has 0 amide bonds. The van der Waals surface area contributed by atoms with E-state index in [2.05, 4.69) is 10.5 Å². The largest absolute Gasteiger partial charge is 0.490 e. The van der Waals surface area contributed by atoms with E-state index in [1.807, 2.05) is 37.3 Å². The average molecular weight is 298 g/mol. The van der Waals surface area contributed by atoms with Crippen molar-refractivity contribution in [2.75, 3.05) is 12.0 Å². The molecule has 5 nitrogen and oxygen atoms in total. The first kappa shape index (κ1) is 15.6. The first-order valence-electron chi connectivity index (χ1n) is 6.98.